The van der Waals surface area contributed by atoms with E-state index >= 15 is 0 Å². The van der Waals surface area contributed by atoms with E-state index in [9.17, 15) is 0 Å². The number of nitrogens with two attached hydrogens (primary N) is 1. The molecule has 0 saturated heterocycles. The topological polar surface area (TPSA) is 48.1 Å². The second-order valence-corrected chi connectivity index (χ2v) is 7.50. The van der Waals surface area contributed by atoms with Crippen LogP contribution in [0.5, 0.6) is 5.75 Å². The molecule has 1 heterocycles. The molecule has 0 spiro atoms. The van der Waals surface area contributed by atoms with Crippen LogP contribution in [0.15, 0.2) is 18.5 Å². The van der Waals surface area contributed by atoms with Crippen molar-refractivity contribution in [2.45, 2.75) is 51.5 Å². The Morgan fingerprint density at radius 1 is 1.33 bits per heavy atom. The first-order valence-corrected chi connectivity index (χ1v) is 7.27. The maximum absolute atomic E-state index is 6.19. The van der Waals surface area contributed by atoms with Crippen LogP contribution >= 0.6 is 11.8 Å². The Labute approximate surface area is 115 Å². The summed E-state index contributed by atoms with van der Waals surface area (Å²) in [5.41, 5.74) is 7.22. The summed E-state index contributed by atoms with van der Waals surface area (Å²) >= 11 is 1.86. The van der Waals surface area contributed by atoms with E-state index in [2.05, 4.69) is 25.8 Å². The van der Waals surface area contributed by atoms with E-state index < -0.39 is 0 Å². The van der Waals surface area contributed by atoms with E-state index in [4.69, 9.17) is 10.5 Å². The second-order valence-electron chi connectivity index (χ2n) is 5.65. The number of hydrogen-bond donors (Lipinski definition) is 1. The summed E-state index contributed by atoms with van der Waals surface area (Å²) in [5.74, 6) is 1.68. The normalized spacial score (nSPS) is 13.7. The van der Waals surface area contributed by atoms with Crippen molar-refractivity contribution in [1.29, 1.82) is 0 Å². The molecule has 1 rings (SSSR count). The van der Waals surface area contributed by atoms with Crippen LogP contribution in [0.3, 0.4) is 0 Å². The lowest BCUT2D eigenvalue weighted by atomic mass is 10.1. The highest BCUT2D eigenvalue weighted by molar-refractivity contribution is 8.00. The van der Waals surface area contributed by atoms with E-state index in [-0.39, 0.29) is 16.9 Å². The first-order chi connectivity index (χ1) is 8.28. The summed E-state index contributed by atoms with van der Waals surface area (Å²) in [6, 6.07) is 1.98. The molecule has 0 fully saturated rings. The molecular formula is C14H24N2OS. The summed E-state index contributed by atoms with van der Waals surface area (Å²) in [7, 11) is 0. The highest BCUT2D eigenvalue weighted by Gasteiger charge is 2.15. The van der Waals surface area contributed by atoms with Gasteiger partial charge in [-0.05, 0) is 25.5 Å². The van der Waals surface area contributed by atoms with E-state index in [1.165, 1.54) is 0 Å². The smallest absolute Gasteiger partial charge is 0.138 e. The summed E-state index contributed by atoms with van der Waals surface area (Å²) in [6.45, 7) is 10.6. The average Bonchev–Trinajstić information content (AvgIpc) is 2.24. The van der Waals surface area contributed by atoms with Crippen molar-refractivity contribution in [3.05, 3.63) is 24.0 Å². The van der Waals surface area contributed by atoms with Crippen LogP contribution in [0.1, 0.15) is 46.2 Å². The number of hydrogen-bond acceptors (Lipinski definition) is 4. The maximum atomic E-state index is 6.19. The van der Waals surface area contributed by atoms with Crippen LogP contribution in [0, 0.1) is 0 Å². The monoisotopic (exact) mass is 268 g/mol. The third kappa shape index (κ3) is 5.74. The molecule has 4 heteroatoms. The van der Waals surface area contributed by atoms with Gasteiger partial charge in [0.25, 0.3) is 0 Å². The van der Waals surface area contributed by atoms with Gasteiger partial charge in [-0.2, -0.15) is 11.8 Å². The molecule has 0 bridgehead atoms. The Kier molecular flexibility index (Phi) is 5.47. The quantitative estimate of drug-likeness (QED) is 0.889. The van der Waals surface area contributed by atoms with Gasteiger partial charge in [-0.25, -0.2) is 0 Å². The summed E-state index contributed by atoms with van der Waals surface area (Å²) in [6.07, 6.45) is 3.70. The SMILES string of the molecule is CC(C)Oc1cncc(C(N)CSC(C)(C)C)c1. The predicted octanol–water partition coefficient (Wildman–Crippen LogP) is 3.40. The molecule has 1 unspecified atom stereocenters. The molecule has 3 nitrogen and oxygen atoms in total. The van der Waals surface area contributed by atoms with Crippen LogP contribution < -0.4 is 10.5 Å². The van der Waals surface area contributed by atoms with Gasteiger partial charge in [0.05, 0.1) is 12.3 Å². The van der Waals surface area contributed by atoms with Crippen molar-refractivity contribution in [3.63, 3.8) is 0 Å². The van der Waals surface area contributed by atoms with Gasteiger partial charge in [-0.3, -0.25) is 4.98 Å². The van der Waals surface area contributed by atoms with Gasteiger partial charge in [-0.1, -0.05) is 20.8 Å². The molecule has 0 aliphatic rings. The Morgan fingerprint density at radius 3 is 2.56 bits per heavy atom. The number of ether oxygens (including phenoxy) is 1. The Bertz CT molecular complexity index is 374. The maximum Gasteiger partial charge on any atom is 0.138 e. The van der Waals surface area contributed by atoms with Crippen molar-refractivity contribution < 1.29 is 4.74 Å². The minimum absolute atomic E-state index is 0.00237. The summed E-state index contributed by atoms with van der Waals surface area (Å²) in [4.78, 5) is 4.19. The minimum Gasteiger partial charge on any atom is -0.489 e. The highest BCUT2D eigenvalue weighted by Crippen LogP contribution is 2.28. The zero-order valence-corrected chi connectivity index (χ0v) is 12.8. The van der Waals surface area contributed by atoms with Gasteiger partial charge in [0.2, 0.25) is 0 Å². The molecule has 0 amide bonds. The van der Waals surface area contributed by atoms with Gasteiger partial charge in [0, 0.05) is 22.7 Å². The molecule has 18 heavy (non-hydrogen) atoms. The molecule has 0 aromatic carbocycles. The van der Waals surface area contributed by atoms with Gasteiger partial charge in [0.15, 0.2) is 0 Å². The molecular weight excluding hydrogens is 244 g/mol. The number of rotatable bonds is 5. The molecule has 1 aromatic rings. The van der Waals surface area contributed by atoms with E-state index in [1.807, 2.05) is 37.9 Å². The van der Waals surface area contributed by atoms with Crippen molar-refractivity contribution >= 4 is 11.8 Å². The highest BCUT2D eigenvalue weighted by atomic mass is 32.2. The Morgan fingerprint density at radius 2 is 2.00 bits per heavy atom. The second kappa shape index (κ2) is 6.43. The Balaban J connectivity index is 2.65. The van der Waals surface area contributed by atoms with Crippen molar-refractivity contribution in [2.75, 3.05) is 5.75 Å². The number of aromatic nitrogens is 1. The van der Waals surface area contributed by atoms with Crippen LogP contribution in [0.25, 0.3) is 0 Å². The molecule has 1 atom stereocenters. The molecule has 102 valence electrons. The molecule has 1 aromatic heterocycles. The van der Waals surface area contributed by atoms with Gasteiger partial charge in [0.1, 0.15) is 5.75 Å². The fourth-order valence-electron chi connectivity index (χ4n) is 1.41. The molecule has 0 radical (unpaired) electrons. The predicted molar refractivity (Wildman–Crippen MR) is 79.1 cm³/mol. The number of pyridine rings is 1. The molecule has 0 saturated carbocycles. The standard InChI is InChI=1S/C14H24N2OS/c1-10(2)17-12-6-11(7-16-8-12)13(15)9-18-14(3,4)5/h6-8,10,13H,9,15H2,1-5H3. The minimum atomic E-state index is -0.00237. The average molecular weight is 268 g/mol. The fraction of sp³-hybridized carbons (Fsp3) is 0.643. The number of thioether (sulfide) groups is 1. The van der Waals surface area contributed by atoms with Crippen LogP contribution in [0.4, 0.5) is 0 Å². The zero-order chi connectivity index (χ0) is 13.8. The van der Waals surface area contributed by atoms with Crippen molar-refractivity contribution in [2.24, 2.45) is 5.73 Å². The van der Waals surface area contributed by atoms with Crippen molar-refractivity contribution in [1.82, 2.24) is 4.98 Å². The lowest BCUT2D eigenvalue weighted by Gasteiger charge is -2.21. The van der Waals surface area contributed by atoms with Crippen LogP contribution in [-0.4, -0.2) is 21.6 Å². The molecule has 0 aliphatic heterocycles. The van der Waals surface area contributed by atoms with Gasteiger partial charge >= 0.3 is 0 Å². The summed E-state index contributed by atoms with van der Waals surface area (Å²) in [5, 5.41) is 0. The first-order valence-electron chi connectivity index (χ1n) is 6.29. The summed E-state index contributed by atoms with van der Waals surface area (Å²) < 4.78 is 5.86. The fourth-order valence-corrected chi connectivity index (χ4v) is 2.28. The van der Waals surface area contributed by atoms with E-state index in [0.717, 1.165) is 17.1 Å². The Hall–Kier alpha value is -0.740. The van der Waals surface area contributed by atoms with Gasteiger partial charge in [-0.15, -0.1) is 0 Å². The number of nitrogens with zero attached hydrogens (tertiary/aromatic N) is 1. The third-order valence-electron chi connectivity index (χ3n) is 2.23. The van der Waals surface area contributed by atoms with E-state index in [0.29, 0.717) is 0 Å². The molecule has 2 N–H and O–H groups in total. The van der Waals surface area contributed by atoms with Crippen LogP contribution in [-0.2, 0) is 0 Å². The third-order valence-corrected chi connectivity index (χ3v) is 3.62. The van der Waals surface area contributed by atoms with E-state index in [1.54, 1.807) is 6.20 Å². The first kappa shape index (κ1) is 15.3. The lowest BCUT2D eigenvalue weighted by Crippen LogP contribution is -2.18. The zero-order valence-electron chi connectivity index (χ0n) is 11.9. The van der Waals surface area contributed by atoms with Gasteiger partial charge < -0.3 is 10.5 Å². The van der Waals surface area contributed by atoms with Crippen LogP contribution in [0.2, 0.25) is 0 Å². The van der Waals surface area contributed by atoms with Crippen molar-refractivity contribution in [3.8, 4) is 5.75 Å². The lowest BCUT2D eigenvalue weighted by molar-refractivity contribution is 0.241. The molecule has 0 aliphatic carbocycles. The largest absolute Gasteiger partial charge is 0.489 e.